The van der Waals surface area contributed by atoms with Crippen molar-refractivity contribution in [1.29, 1.82) is 0 Å². The first kappa shape index (κ1) is 15.4. The number of hydrogen-bond donors (Lipinski definition) is 1. The summed E-state index contributed by atoms with van der Waals surface area (Å²) in [6, 6.07) is 7.52. The average Bonchev–Trinajstić information content (AvgIpc) is 2.37. The van der Waals surface area contributed by atoms with Crippen molar-refractivity contribution < 1.29 is 13.2 Å². The molecule has 102 valence electrons. The number of hydrogen-bond acceptors (Lipinski definition) is 3. The minimum atomic E-state index is -3.22. The Balaban J connectivity index is 2.43. The molecule has 0 radical (unpaired) electrons. The number of halogens is 1. The van der Waals surface area contributed by atoms with Gasteiger partial charge in [0, 0.05) is 26.1 Å². The SMILES string of the molecule is COCCCS(=O)(=O)NCc1ccc(CCl)cc1. The molecule has 1 rings (SSSR count). The molecular weight excluding hydrogens is 274 g/mol. The maximum absolute atomic E-state index is 11.6. The molecule has 6 heteroatoms. The van der Waals surface area contributed by atoms with Crippen LogP contribution in [0.4, 0.5) is 0 Å². The smallest absolute Gasteiger partial charge is 0.211 e. The van der Waals surface area contributed by atoms with Crippen LogP contribution in [-0.2, 0) is 27.2 Å². The molecule has 0 aliphatic carbocycles. The third-order valence-electron chi connectivity index (χ3n) is 2.44. The zero-order chi connectivity index (χ0) is 13.4. The van der Waals surface area contributed by atoms with Gasteiger partial charge in [-0.3, -0.25) is 0 Å². The zero-order valence-electron chi connectivity index (χ0n) is 10.4. The first-order chi connectivity index (χ1) is 8.57. The van der Waals surface area contributed by atoms with Crippen LogP contribution in [0.3, 0.4) is 0 Å². The molecule has 0 spiro atoms. The van der Waals surface area contributed by atoms with Crippen molar-refractivity contribution >= 4 is 21.6 Å². The quantitative estimate of drug-likeness (QED) is 0.588. The number of sulfonamides is 1. The van der Waals surface area contributed by atoms with Gasteiger partial charge in [-0.25, -0.2) is 13.1 Å². The van der Waals surface area contributed by atoms with E-state index in [9.17, 15) is 8.42 Å². The van der Waals surface area contributed by atoms with Gasteiger partial charge in [0.05, 0.1) is 5.75 Å². The Bertz CT molecular complexity index is 445. The summed E-state index contributed by atoms with van der Waals surface area (Å²) in [6.45, 7) is 0.753. The third kappa shape index (κ3) is 5.82. The molecule has 1 aromatic rings. The molecule has 18 heavy (non-hydrogen) atoms. The zero-order valence-corrected chi connectivity index (χ0v) is 11.9. The maximum Gasteiger partial charge on any atom is 0.211 e. The predicted molar refractivity (Wildman–Crippen MR) is 73.1 cm³/mol. The van der Waals surface area contributed by atoms with E-state index in [0.29, 0.717) is 25.5 Å². The molecule has 0 aliphatic heterocycles. The fourth-order valence-corrected chi connectivity index (χ4v) is 2.61. The molecule has 0 heterocycles. The molecule has 1 aromatic carbocycles. The molecule has 0 saturated carbocycles. The summed E-state index contributed by atoms with van der Waals surface area (Å²) >= 11 is 5.68. The Hall–Kier alpha value is -0.620. The highest BCUT2D eigenvalue weighted by Crippen LogP contribution is 2.07. The van der Waals surface area contributed by atoms with Crippen molar-refractivity contribution in [3.05, 3.63) is 35.4 Å². The summed E-state index contributed by atoms with van der Waals surface area (Å²) < 4.78 is 30.6. The highest BCUT2D eigenvalue weighted by Gasteiger charge is 2.09. The van der Waals surface area contributed by atoms with Crippen LogP contribution in [0, 0.1) is 0 Å². The molecule has 1 N–H and O–H groups in total. The van der Waals surface area contributed by atoms with Gasteiger partial charge in [0.1, 0.15) is 0 Å². The number of alkyl halides is 1. The van der Waals surface area contributed by atoms with Gasteiger partial charge < -0.3 is 4.74 Å². The van der Waals surface area contributed by atoms with Crippen LogP contribution in [0.1, 0.15) is 17.5 Å². The van der Waals surface area contributed by atoms with Crippen molar-refractivity contribution in [1.82, 2.24) is 4.72 Å². The molecule has 0 unspecified atom stereocenters. The second kappa shape index (κ2) is 7.74. The van der Waals surface area contributed by atoms with Gasteiger partial charge in [-0.15, -0.1) is 11.6 Å². The maximum atomic E-state index is 11.6. The van der Waals surface area contributed by atoms with Gasteiger partial charge in [0.2, 0.25) is 10.0 Å². The van der Waals surface area contributed by atoms with Crippen LogP contribution < -0.4 is 4.72 Å². The van der Waals surface area contributed by atoms with E-state index in [2.05, 4.69) is 4.72 Å². The highest BCUT2D eigenvalue weighted by atomic mass is 35.5. The van der Waals surface area contributed by atoms with E-state index in [0.717, 1.165) is 11.1 Å². The number of nitrogens with one attached hydrogen (secondary N) is 1. The summed E-state index contributed by atoms with van der Waals surface area (Å²) in [5.41, 5.74) is 1.93. The standard InChI is InChI=1S/C12H18ClNO3S/c1-17-7-2-8-18(15,16)14-10-12-5-3-11(9-13)4-6-12/h3-6,14H,2,7-10H2,1H3. The van der Waals surface area contributed by atoms with Crippen LogP contribution in [0.2, 0.25) is 0 Å². The summed E-state index contributed by atoms with van der Waals surface area (Å²) in [6.07, 6.45) is 0.497. The highest BCUT2D eigenvalue weighted by molar-refractivity contribution is 7.89. The minimum absolute atomic E-state index is 0.0839. The van der Waals surface area contributed by atoms with Crippen molar-refractivity contribution in [3.8, 4) is 0 Å². The fraction of sp³-hybridized carbons (Fsp3) is 0.500. The van der Waals surface area contributed by atoms with Crippen molar-refractivity contribution in [2.45, 2.75) is 18.8 Å². The summed E-state index contributed by atoms with van der Waals surface area (Å²) in [5, 5.41) is 0. The van der Waals surface area contributed by atoms with Gasteiger partial charge in [-0.05, 0) is 17.5 Å². The van der Waals surface area contributed by atoms with Gasteiger partial charge in [-0.1, -0.05) is 24.3 Å². The van der Waals surface area contributed by atoms with Gasteiger partial charge in [0.15, 0.2) is 0 Å². The molecule has 0 bridgehead atoms. The van der Waals surface area contributed by atoms with Crippen LogP contribution in [0.25, 0.3) is 0 Å². The monoisotopic (exact) mass is 291 g/mol. The molecule has 0 aliphatic rings. The average molecular weight is 292 g/mol. The van der Waals surface area contributed by atoms with E-state index in [1.807, 2.05) is 24.3 Å². The van der Waals surface area contributed by atoms with Gasteiger partial charge in [0.25, 0.3) is 0 Å². The number of benzene rings is 1. The summed E-state index contributed by atoms with van der Waals surface area (Å²) in [5.74, 6) is 0.545. The lowest BCUT2D eigenvalue weighted by Gasteiger charge is -2.07. The van der Waals surface area contributed by atoms with Crippen LogP contribution in [-0.4, -0.2) is 27.9 Å². The van der Waals surface area contributed by atoms with Crippen LogP contribution >= 0.6 is 11.6 Å². The molecule has 0 amide bonds. The first-order valence-electron chi connectivity index (χ1n) is 5.67. The molecule has 0 atom stereocenters. The molecular formula is C12H18ClNO3S. The Morgan fingerprint density at radius 3 is 2.39 bits per heavy atom. The molecule has 0 fully saturated rings. The topological polar surface area (TPSA) is 55.4 Å². The first-order valence-corrected chi connectivity index (χ1v) is 7.86. The van der Waals surface area contributed by atoms with E-state index >= 15 is 0 Å². The molecule has 4 nitrogen and oxygen atoms in total. The van der Waals surface area contributed by atoms with Crippen molar-refractivity contribution in [3.63, 3.8) is 0 Å². The van der Waals surface area contributed by atoms with E-state index in [1.165, 1.54) is 0 Å². The third-order valence-corrected chi connectivity index (χ3v) is 4.15. The van der Waals surface area contributed by atoms with Crippen LogP contribution in [0.5, 0.6) is 0 Å². The number of rotatable bonds is 8. The van der Waals surface area contributed by atoms with Crippen molar-refractivity contribution in [2.75, 3.05) is 19.5 Å². The lowest BCUT2D eigenvalue weighted by molar-refractivity contribution is 0.199. The largest absolute Gasteiger partial charge is 0.385 e. The Labute approximate surface area is 113 Å². The number of methoxy groups -OCH3 is 1. The minimum Gasteiger partial charge on any atom is -0.385 e. The Morgan fingerprint density at radius 1 is 1.22 bits per heavy atom. The Morgan fingerprint density at radius 2 is 1.83 bits per heavy atom. The predicted octanol–water partition coefficient (Wildman–Crippen LogP) is 1.88. The summed E-state index contributed by atoms with van der Waals surface area (Å²) in [7, 11) is -1.67. The van der Waals surface area contributed by atoms with E-state index < -0.39 is 10.0 Å². The molecule has 0 saturated heterocycles. The second-order valence-corrected chi connectivity index (χ2v) is 6.13. The van der Waals surface area contributed by atoms with Crippen LogP contribution in [0.15, 0.2) is 24.3 Å². The summed E-state index contributed by atoms with van der Waals surface area (Å²) in [4.78, 5) is 0. The van der Waals surface area contributed by atoms with E-state index in [-0.39, 0.29) is 5.75 Å². The fourth-order valence-electron chi connectivity index (χ4n) is 1.40. The molecule has 0 aromatic heterocycles. The second-order valence-electron chi connectivity index (χ2n) is 3.94. The lowest BCUT2D eigenvalue weighted by atomic mass is 10.1. The Kier molecular flexibility index (Phi) is 6.63. The number of ether oxygens (including phenoxy) is 1. The van der Waals surface area contributed by atoms with E-state index in [1.54, 1.807) is 7.11 Å². The lowest BCUT2D eigenvalue weighted by Crippen LogP contribution is -2.26. The van der Waals surface area contributed by atoms with Gasteiger partial charge in [-0.2, -0.15) is 0 Å². The van der Waals surface area contributed by atoms with Gasteiger partial charge >= 0.3 is 0 Å². The van der Waals surface area contributed by atoms with Crippen molar-refractivity contribution in [2.24, 2.45) is 0 Å². The normalized spacial score (nSPS) is 11.7. The van der Waals surface area contributed by atoms with E-state index in [4.69, 9.17) is 16.3 Å².